The first-order chi connectivity index (χ1) is 14.0. The fourth-order valence-electron chi connectivity index (χ4n) is 3.31. The molecule has 2 aromatic rings. The highest BCUT2D eigenvalue weighted by Gasteiger charge is 2.27. The number of nitrogens with one attached hydrogen (secondary N) is 1. The van der Waals surface area contributed by atoms with Crippen LogP contribution in [0.1, 0.15) is 13.3 Å². The van der Waals surface area contributed by atoms with Crippen LogP contribution >= 0.6 is 0 Å². The highest BCUT2D eigenvalue weighted by atomic mass is 32.2. The normalized spacial score (nSPS) is 20.4. The van der Waals surface area contributed by atoms with Crippen molar-refractivity contribution in [2.75, 3.05) is 36.8 Å². The Bertz CT molecular complexity index is 1100. The standard InChI is InChI=1S/C20H27N3O5S2/c1-15-12-13-23(14-20(15)24)19-7-5-4-6-18(19)21-29(25,26)16-8-10-17(11-9-16)30(27,28)22(2)3/h4-11,15,20-21,24H,12-14H2,1-3H3. The van der Waals surface area contributed by atoms with Gasteiger partial charge in [0.2, 0.25) is 10.0 Å². The monoisotopic (exact) mass is 453 g/mol. The number of sulfonamides is 2. The highest BCUT2D eigenvalue weighted by molar-refractivity contribution is 7.92. The zero-order valence-electron chi connectivity index (χ0n) is 17.2. The maximum atomic E-state index is 12.9. The molecule has 0 radical (unpaired) electrons. The van der Waals surface area contributed by atoms with Crippen LogP contribution in [0.15, 0.2) is 58.3 Å². The summed E-state index contributed by atoms with van der Waals surface area (Å²) in [6.45, 7) is 3.14. The molecular weight excluding hydrogens is 426 g/mol. The van der Waals surface area contributed by atoms with Gasteiger partial charge in [0.25, 0.3) is 10.0 Å². The molecule has 1 aliphatic heterocycles. The van der Waals surface area contributed by atoms with Crippen molar-refractivity contribution in [2.24, 2.45) is 5.92 Å². The van der Waals surface area contributed by atoms with Gasteiger partial charge < -0.3 is 10.0 Å². The summed E-state index contributed by atoms with van der Waals surface area (Å²) in [6, 6.07) is 12.1. The van der Waals surface area contributed by atoms with Gasteiger partial charge >= 0.3 is 0 Å². The van der Waals surface area contributed by atoms with Crippen molar-refractivity contribution in [2.45, 2.75) is 29.2 Å². The summed E-state index contributed by atoms with van der Waals surface area (Å²) in [5.74, 6) is 0.196. The van der Waals surface area contributed by atoms with Crippen LogP contribution in [-0.2, 0) is 20.0 Å². The van der Waals surface area contributed by atoms with Gasteiger partial charge in [0.15, 0.2) is 0 Å². The van der Waals surface area contributed by atoms with E-state index in [1.54, 1.807) is 12.1 Å². The minimum atomic E-state index is -3.93. The van der Waals surface area contributed by atoms with Gasteiger partial charge in [0.1, 0.15) is 0 Å². The Kier molecular flexibility index (Phi) is 6.42. The molecule has 0 aliphatic carbocycles. The quantitative estimate of drug-likeness (QED) is 0.692. The van der Waals surface area contributed by atoms with E-state index in [1.165, 1.54) is 38.4 Å². The fourth-order valence-corrected chi connectivity index (χ4v) is 5.28. The van der Waals surface area contributed by atoms with Crippen molar-refractivity contribution in [3.8, 4) is 0 Å². The van der Waals surface area contributed by atoms with E-state index < -0.39 is 26.2 Å². The molecule has 1 aliphatic rings. The molecule has 3 rings (SSSR count). The van der Waals surface area contributed by atoms with Crippen molar-refractivity contribution in [3.63, 3.8) is 0 Å². The Morgan fingerprint density at radius 2 is 1.60 bits per heavy atom. The number of para-hydroxylation sites is 2. The lowest BCUT2D eigenvalue weighted by molar-refractivity contribution is 0.103. The third-order valence-electron chi connectivity index (χ3n) is 5.32. The van der Waals surface area contributed by atoms with E-state index >= 15 is 0 Å². The molecule has 2 unspecified atom stereocenters. The van der Waals surface area contributed by atoms with E-state index in [2.05, 4.69) is 4.72 Å². The van der Waals surface area contributed by atoms with Crippen molar-refractivity contribution in [1.82, 2.24) is 4.31 Å². The zero-order chi connectivity index (χ0) is 22.1. The second-order valence-corrected chi connectivity index (χ2v) is 11.5. The van der Waals surface area contributed by atoms with E-state index in [-0.39, 0.29) is 15.7 Å². The lowest BCUT2D eigenvalue weighted by atomic mass is 9.95. The molecule has 0 aromatic heterocycles. The topological polar surface area (TPSA) is 107 Å². The minimum Gasteiger partial charge on any atom is -0.391 e. The van der Waals surface area contributed by atoms with Crippen LogP contribution in [0.4, 0.5) is 11.4 Å². The Hall–Kier alpha value is -2.14. The summed E-state index contributed by atoms with van der Waals surface area (Å²) >= 11 is 0. The number of hydrogen-bond donors (Lipinski definition) is 2. The van der Waals surface area contributed by atoms with Crippen LogP contribution in [0.2, 0.25) is 0 Å². The maximum Gasteiger partial charge on any atom is 0.261 e. The summed E-state index contributed by atoms with van der Waals surface area (Å²) in [4.78, 5) is 1.94. The number of aliphatic hydroxyl groups is 1. The molecule has 2 aromatic carbocycles. The highest BCUT2D eigenvalue weighted by Crippen LogP contribution is 2.31. The van der Waals surface area contributed by atoms with Gasteiger partial charge in [-0.3, -0.25) is 4.72 Å². The first-order valence-corrected chi connectivity index (χ1v) is 12.5. The molecule has 2 atom stereocenters. The van der Waals surface area contributed by atoms with Gasteiger partial charge in [0, 0.05) is 27.2 Å². The molecule has 30 heavy (non-hydrogen) atoms. The number of nitrogens with zero attached hydrogens (tertiary/aromatic N) is 2. The minimum absolute atomic E-state index is 0.0169. The number of aliphatic hydroxyl groups excluding tert-OH is 1. The average molecular weight is 454 g/mol. The lowest BCUT2D eigenvalue weighted by Crippen LogP contribution is -2.43. The molecule has 8 nitrogen and oxygen atoms in total. The zero-order valence-corrected chi connectivity index (χ0v) is 18.8. The van der Waals surface area contributed by atoms with Gasteiger partial charge in [-0.05, 0) is 48.7 Å². The molecular formula is C20H27N3O5S2. The molecule has 1 saturated heterocycles. The van der Waals surface area contributed by atoms with Gasteiger partial charge in [-0.15, -0.1) is 0 Å². The smallest absolute Gasteiger partial charge is 0.261 e. The van der Waals surface area contributed by atoms with Crippen molar-refractivity contribution in [1.29, 1.82) is 0 Å². The predicted octanol–water partition coefficient (Wildman–Crippen LogP) is 1.94. The van der Waals surface area contributed by atoms with E-state index in [4.69, 9.17) is 0 Å². The number of β-amino-alcohol motifs (C(OH)–C–C–N with tert-alkyl or cyclic N) is 1. The van der Waals surface area contributed by atoms with E-state index in [0.717, 1.165) is 10.7 Å². The Balaban J connectivity index is 1.86. The van der Waals surface area contributed by atoms with Crippen molar-refractivity contribution >= 4 is 31.4 Å². The van der Waals surface area contributed by atoms with Crippen LogP contribution in [-0.4, -0.2) is 59.5 Å². The molecule has 0 spiro atoms. The predicted molar refractivity (Wildman–Crippen MR) is 117 cm³/mol. The molecule has 1 heterocycles. The Labute approximate surface area is 178 Å². The van der Waals surface area contributed by atoms with E-state index in [1.807, 2.05) is 24.0 Å². The fraction of sp³-hybridized carbons (Fsp3) is 0.400. The summed E-state index contributed by atoms with van der Waals surface area (Å²) in [5.41, 5.74) is 1.10. The van der Waals surface area contributed by atoms with Crippen LogP contribution in [0, 0.1) is 5.92 Å². The third kappa shape index (κ3) is 4.61. The summed E-state index contributed by atoms with van der Waals surface area (Å²) in [6.07, 6.45) is 0.332. The van der Waals surface area contributed by atoms with Crippen LogP contribution in [0.3, 0.4) is 0 Å². The number of rotatable bonds is 6. The van der Waals surface area contributed by atoms with Gasteiger partial charge in [-0.25, -0.2) is 21.1 Å². The number of anilines is 2. The van der Waals surface area contributed by atoms with E-state index in [9.17, 15) is 21.9 Å². The first kappa shape index (κ1) is 22.5. The SMILES string of the molecule is CC1CCN(c2ccccc2NS(=O)(=O)c2ccc(S(=O)(=O)N(C)C)cc2)CC1O. The molecule has 0 bridgehead atoms. The molecule has 0 saturated carbocycles. The van der Waals surface area contributed by atoms with Gasteiger partial charge in [-0.1, -0.05) is 19.1 Å². The largest absolute Gasteiger partial charge is 0.391 e. The number of piperidine rings is 1. The summed E-state index contributed by atoms with van der Waals surface area (Å²) in [7, 11) is -4.74. The second-order valence-electron chi connectivity index (χ2n) is 7.66. The maximum absolute atomic E-state index is 12.9. The number of hydrogen-bond acceptors (Lipinski definition) is 6. The van der Waals surface area contributed by atoms with Gasteiger partial charge in [-0.2, -0.15) is 0 Å². The van der Waals surface area contributed by atoms with Crippen LogP contribution in [0.5, 0.6) is 0 Å². The molecule has 164 valence electrons. The Morgan fingerprint density at radius 1 is 1.00 bits per heavy atom. The number of benzene rings is 2. The van der Waals surface area contributed by atoms with E-state index in [0.29, 0.717) is 24.5 Å². The van der Waals surface area contributed by atoms with Crippen molar-refractivity contribution in [3.05, 3.63) is 48.5 Å². The summed E-state index contributed by atoms with van der Waals surface area (Å²) in [5, 5.41) is 10.2. The van der Waals surface area contributed by atoms with Crippen LogP contribution < -0.4 is 9.62 Å². The third-order valence-corrected chi connectivity index (χ3v) is 8.53. The second kappa shape index (κ2) is 8.54. The first-order valence-electron chi connectivity index (χ1n) is 9.60. The molecule has 0 amide bonds. The lowest BCUT2D eigenvalue weighted by Gasteiger charge is -2.36. The molecule has 10 heteroatoms. The summed E-state index contributed by atoms with van der Waals surface area (Å²) < 4.78 is 53.9. The van der Waals surface area contributed by atoms with Crippen molar-refractivity contribution < 1.29 is 21.9 Å². The molecule has 1 fully saturated rings. The average Bonchev–Trinajstić information content (AvgIpc) is 2.70. The van der Waals surface area contributed by atoms with Gasteiger partial charge in [0.05, 0.1) is 27.3 Å². The Morgan fingerprint density at radius 3 is 2.20 bits per heavy atom. The van der Waals surface area contributed by atoms with Crippen LogP contribution in [0.25, 0.3) is 0 Å². The molecule has 2 N–H and O–H groups in total.